The molecule has 17 heavy (non-hydrogen) atoms. The van der Waals surface area contributed by atoms with Crippen molar-refractivity contribution in [3.8, 4) is 0 Å². The molecule has 0 spiro atoms. The molecular formula is C13H18N2OS. The van der Waals surface area contributed by atoms with E-state index in [2.05, 4.69) is 38.7 Å². The molecule has 0 fully saturated rings. The molecule has 2 aromatic heterocycles. The fourth-order valence-electron chi connectivity index (χ4n) is 1.85. The Morgan fingerprint density at radius 2 is 2.12 bits per heavy atom. The number of pyridine rings is 1. The maximum absolute atomic E-state index is 12.0. The molecule has 0 radical (unpaired) electrons. The van der Waals surface area contributed by atoms with Crippen LogP contribution in [-0.4, -0.2) is 9.55 Å². The van der Waals surface area contributed by atoms with Crippen molar-refractivity contribution >= 4 is 21.7 Å². The molecule has 0 aliphatic carbocycles. The van der Waals surface area contributed by atoms with E-state index >= 15 is 0 Å². The smallest absolute Gasteiger partial charge is 0.294 e. The third-order valence-electron chi connectivity index (χ3n) is 3.19. The molecule has 2 heterocycles. The van der Waals surface area contributed by atoms with Gasteiger partial charge in [0.1, 0.15) is 4.83 Å². The maximum Gasteiger partial charge on any atom is 0.309 e. The van der Waals surface area contributed by atoms with Gasteiger partial charge in [-0.05, 0) is 30.9 Å². The molecule has 0 aliphatic rings. The summed E-state index contributed by atoms with van der Waals surface area (Å²) in [6, 6.07) is 2.34. The lowest BCUT2D eigenvalue weighted by atomic mass is 10.1. The Kier molecular flexibility index (Phi) is 3.33. The van der Waals surface area contributed by atoms with Crippen molar-refractivity contribution in [2.75, 3.05) is 0 Å². The van der Waals surface area contributed by atoms with E-state index in [4.69, 9.17) is 0 Å². The Balaban J connectivity index is 2.69. The second-order valence-corrected chi connectivity index (χ2v) is 5.68. The highest BCUT2D eigenvalue weighted by Gasteiger charge is 2.14. The van der Waals surface area contributed by atoms with Gasteiger partial charge < -0.3 is 0 Å². The maximum atomic E-state index is 12.0. The van der Waals surface area contributed by atoms with Gasteiger partial charge in [0.25, 0.3) is 0 Å². The zero-order valence-corrected chi connectivity index (χ0v) is 11.5. The molecular weight excluding hydrogens is 232 g/mol. The summed E-state index contributed by atoms with van der Waals surface area (Å²) in [5, 5.41) is 0. The second kappa shape index (κ2) is 4.61. The van der Waals surface area contributed by atoms with Crippen molar-refractivity contribution in [2.24, 2.45) is 0 Å². The van der Waals surface area contributed by atoms with Crippen LogP contribution in [0.1, 0.15) is 51.6 Å². The molecule has 0 bridgehead atoms. The number of thiazole rings is 1. The Morgan fingerprint density at radius 3 is 2.71 bits per heavy atom. The normalized spacial score (nSPS) is 13.5. The Hall–Kier alpha value is -1.16. The first-order valence-corrected chi connectivity index (χ1v) is 6.87. The molecule has 0 aliphatic heterocycles. The summed E-state index contributed by atoms with van der Waals surface area (Å²) in [7, 11) is 0. The van der Waals surface area contributed by atoms with Crippen LogP contribution < -0.4 is 4.87 Å². The predicted octanol–water partition coefficient (Wildman–Crippen LogP) is 3.55. The highest BCUT2D eigenvalue weighted by atomic mass is 32.1. The topological polar surface area (TPSA) is 34.9 Å². The van der Waals surface area contributed by atoms with Gasteiger partial charge in [0.15, 0.2) is 0 Å². The summed E-state index contributed by atoms with van der Waals surface area (Å²) in [4.78, 5) is 17.3. The number of hydrogen-bond donors (Lipinski definition) is 0. The highest BCUT2D eigenvalue weighted by Crippen LogP contribution is 2.24. The van der Waals surface area contributed by atoms with Crippen molar-refractivity contribution in [3.63, 3.8) is 0 Å². The summed E-state index contributed by atoms with van der Waals surface area (Å²) in [5.74, 6) is 0.437. The van der Waals surface area contributed by atoms with E-state index < -0.39 is 0 Å². The van der Waals surface area contributed by atoms with Crippen molar-refractivity contribution in [1.29, 1.82) is 0 Å². The summed E-state index contributed by atoms with van der Waals surface area (Å²) >= 11 is 1.24. The van der Waals surface area contributed by atoms with Gasteiger partial charge in [-0.1, -0.05) is 32.1 Å². The van der Waals surface area contributed by atoms with Crippen LogP contribution in [0.4, 0.5) is 0 Å². The molecule has 0 saturated carbocycles. The minimum Gasteiger partial charge on any atom is -0.294 e. The first-order valence-electron chi connectivity index (χ1n) is 6.05. The van der Waals surface area contributed by atoms with E-state index in [0.29, 0.717) is 5.92 Å². The SMILES string of the molecule is CCC(C)n1c(=O)sc2ncc(C(C)C)cc21. The number of rotatable bonds is 3. The van der Waals surface area contributed by atoms with Crippen LogP contribution in [-0.2, 0) is 0 Å². The van der Waals surface area contributed by atoms with Crippen molar-refractivity contribution in [1.82, 2.24) is 9.55 Å². The van der Waals surface area contributed by atoms with Crippen LogP contribution in [0.25, 0.3) is 10.3 Å². The predicted molar refractivity (Wildman–Crippen MR) is 73.0 cm³/mol. The molecule has 4 heteroatoms. The lowest BCUT2D eigenvalue weighted by Gasteiger charge is -2.12. The average Bonchev–Trinajstić information content (AvgIpc) is 2.62. The van der Waals surface area contributed by atoms with Gasteiger partial charge >= 0.3 is 4.87 Å². The second-order valence-electron chi connectivity index (χ2n) is 4.74. The molecule has 92 valence electrons. The lowest BCUT2D eigenvalue weighted by molar-refractivity contribution is 0.539. The molecule has 1 atom stereocenters. The van der Waals surface area contributed by atoms with Gasteiger partial charge in [0, 0.05) is 12.2 Å². The summed E-state index contributed by atoms with van der Waals surface area (Å²) in [6.07, 6.45) is 2.83. The van der Waals surface area contributed by atoms with E-state index in [1.54, 1.807) is 0 Å². The van der Waals surface area contributed by atoms with Gasteiger partial charge in [0.05, 0.1) is 5.52 Å². The summed E-state index contributed by atoms with van der Waals surface area (Å²) in [6.45, 7) is 8.46. The third-order valence-corrected chi connectivity index (χ3v) is 4.07. The Morgan fingerprint density at radius 1 is 1.41 bits per heavy atom. The number of hydrogen-bond acceptors (Lipinski definition) is 3. The standard InChI is InChI=1S/C13H18N2OS/c1-5-9(4)15-11-6-10(8(2)3)7-14-12(11)17-13(15)16/h6-9H,5H2,1-4H3. The molecule has 3 nitrogen and oxygen atoms in total. The Labute approximate surface area is 105 Å². The summed E-state index contributed by atoms with van der Waals surface area (Å²) in [5.41, 5.74) is 2.17. The van der Waals surface area contributed by atoms with Gasteiger partial charge in [-0.2, -0.15) is 0 Å². The van der Waals surface area contributed by atoms with Gasteiger partial charge in [-0.25, -0.2) is 4.98 Å². The number of fused-ring (bicyclic) bond motifs is 1. The van der Waals surface area contributed by atoms with Crippen LogP contribution in [0, 0.1) is 0 Å². The van der Waals surface area contributed by atoms with Crippen molar-refractivity contribution in [2.45, 2.75) is 46.1 Å². The molecule has 2 aromatic rings. The lowest BCUT2D eigenvalue weighted by Crippen LogP contribution is -2.16. The monoisotopic (exact) mass is 250 g/mol. The number of nitrogens with zero attached hydrogens (tertiary/aromatic N) is 2. The van der Waals surface area contributed by atoms with E-state index in [1.165, 1.54) is 16.9 Å². The zero-order valence-electron chi connectivity index (χ0n) is 10.7. The largest absolute Gasteiger partial charge is 0.309 e. The van der Waals surface area contributed by atoms with Crippen molar-refractivity contribution in [3.05, 3.63) is 27.5 Å². The Bertz CT molecular complexity index is 583. The minimum absolute atomic E-state index is 0.0998. The number of aromatic nitrogens is 2. The van der Waals surface area contributed by atoms with Crippen LogP contribution >= 0.6 is 11.3 Å². The van der Waals surface area contributed by atoms with Crippen LogP contribution in [0.3, 0.4) is 0 Å². The van der Waals surface area contributed by atoms with Gasteiger partial charge in [0.2, 0.25) is 0 Å². The van der Waals surface area contributed by atoms with E-state index in [-0.39, 0.29) is 10.9 Å². The molecule has 0 saturated heterocycles. The fourth-order valence-corrected chi connectivity index (χ4v) is 2.76. The highest BCUT2D eigenvalue weighted by molar-refractivity contribution is 7.16. The van der Waals surface area contributed by atoms with Crippen LogP contribution in [0.2, 0.25) is 0 Å². The van der Waals surface area contributed by atoms with Gasteiger partial charge in [-0.15, -0.1) is 0 Å². The minimum atomic E-state index is 0.0998. The molecule has 2 rings (SSSR count). The van der Waals surface area contributed by atoms with Crippen LogP contribution in [0.15, 0.2) is 17.1 Å². The first kappa shape index (κ1) is 12.3. The molecule has 1 unspecified atom stereocenters. The third kappa shape index (κ3) is 2.14. The molecule has 0 amide bonds. The van der Waals surface area contributed by atoms with E-state index in [0.717, 1.165) is 16.8 Å². The van der Waals surface area contributed by atoms with Crippen LogP contribution in [0.5, 0.6) is 0 Å². The first-order chi connectivity index (χ1) is 8.04. The molecule has 0 N–H and O–H groups in total. The summed E-state index contributed by atoms with van der Waals surface area (Å²) < 4.78 is 1.87. The fraction of sp³-hybridized carbons (Fsp3) is 0.538. The van der Waals surface area contributed by atoms with E-state index in [9.17, 15) is 4.79 Å². The quantitative estimate of drug-likeness (QED) is 0.835. The zero-order chi connectivity index (χ0) is 12.6. The van der Waals surface area contributed by atoms with Crippen molar-refractivity contribution < 1.29 is 0 Å². The van der Waals surface area contributed by atoms with Gasteiger partial charge in [-0.3, -0.25) is 9.36 Å². The van der Waals surface area contributed by atoms with E-state index in [1.807, 2.05) is 10.8 Å². The molecule has 0 aromatic carbocycles. The average molecular weight is 250 g/mol.